The van der Waals surface area contributed by atoms with Crippen LogP contribution in [0.2, 0.25) is 0 Å². The predicted molar refractivity (Wildman–Crippen MR) is 109 cm³/mol. The molecule has 0 aliphatic rings. The second-order valence-electron chi connectivity index (χ2n) is 7.68. The number of carbonyl (C=O) groups excluding carboxylic acids is 1. The van der Waals surface area contributed by atoms with E-state index < -0.39 is 17.3 Å². The lowest BCUT2D eigenvalue weighted by atomic mass is 10.1. The van der Waals surface area contributed by atoms with Gasteiger partial charge < -0.3 is 9.72 Å². The number of aryl methyl sites for hydroxylation is 1. The molecular formula is C20H25FN6O2. The number of fused-ring (bicyclic) bond motifs is 1. The van der Waals surface area contributed by atoms with Gasteiger partial charge in [0.25, 0.3) is 0 Å². The highest BCUT2D eigenvalue weighted by atomic mass is 19.1. The first-order chi connectivity index (χ1) is 13.7. The maximum absolute atomic E-state index is 14.5. The number of nitrogens with zero attached hydrogens (tertiary/aromatic N) is 4. The zero-order valence-corrected chi connectivity index (χ0v) is 17.2. The summed E-state index contributed by atoms with van der Waals surface area (Å²) < 4.78 is 19.5. The van der Waals surface area contributed by atoms with E-state index in [0.29, 0.717) is 17.0 Å². The number of aromatic amines is 1. The SMILES string of the molecule is CCOC(=O)CN(Nc1nc(-c2c[nH]c3ncc(C)cc23)ncc1F)C(C)(C)C. The lowest BCUT2D eigenvalue weighted by molar-refractivity contribution is -0.145. The summed E-state index contributed by atoms with van der Waals surface area (Å²) in [6, 6.07) is 1.97. The quantitative estimate of drug-likeness (QED) is 0.483. The summed E-state index contributed by atoms with van der Waals surface area (Å²) in [7, 11) is 0. The molecule has 2 N–H and O–H groups in total. The van der Waals surface area contributed by atoms with E-state index >= 15 is 0 Å². The van der Waals surface area contributed by atoms with E-state index in [0.717, 1.165) is 17.1 Å². The number of hydrogen-bond acceptors (Lipinski definition) is 7. The van der Waals surface area contributed by atoms with Crippen LogP contribution in [0.3, 0.4) is 0 Å². The van der Waals surface area contributed by atoms with Gasteiger partial charge in [-0.1, -0.05) is 0 Å². The molecule has 0 fully saturated rings. The Balaban J connectivity index is 1.95. The van der Waals surface area contributed by atoms with Crippen molar-refractivity contribution < 1.29 is 13.9 Å². The first-order valence-corrected chi connectivity index (χ1v) is 9.35. The van der Waals surface area contributed by atoms with Crippen LogP contribution in [0.1, 0.15) is 33.3 Å². The van der Waals surface area contributed by atoms with Crippen LogP contribution in [0.5, 0.6) is 0 Å². The molecule has 3 aromatic rings. The molecule has 154 valence electrons. The van der Waals surface area contributed by atoms with E-state index in [1.165, 1.54) is 0 Å². The first kappa shape index (κ1) is 20.7. The molecule has 0 unspecified atom stereocenters. The normalized spacial score (nSPS) is 11.8. The predicted octanol–water partition coefficient (Wildman–Crippen LogP) is 3.46. The molecule has 0 saturated carbocycles. The number of H-pyrrole nitrogens is 1. The van der Waals surface area contributed by atoms with Crippen molar-refractivity contribution in [2.45, 2.75) is 40.2 Å². The van der Waals surface area contributed by atoms with Gasteiger partial charge in [-0.05, 0) is 46.2 Å². The molecule has 0 amide bonds. The number of ether oxygens (including phenoxy) is 1. The van der Waals surface area contributed by atoms with Gasteiger partial charge >= 0.3 is 5.97 Å². The fraction of sp³-hybridized carbons (Fsp3) is 0.400. The Morgan fingerprint density at radius 3 is 2.76 bits per heavy atom. The lowest BCUT2D eigenvalue weighted by Crippen LogP contribution is -2.48. The second kappa shape index (κ2) is 8.12. The van der Waals surface area contributed by atoms with Crippen LogP contribution in [-0.2, 0) is 9.53 Å². The summed E-state index contributed by atoms with van der Waals surface area (Å²) in [4.78, 5) is 27.9. The summed E-state index contributed by atoms with van der Waals surface area (Å²) in [5, 5.41) is 2.43. The van der Waals surface area contributed by atoms with Gasteiger partial charge in [0.05, 0.1) is 12.8 Å². The number of halogens is 1. The van der Waals surface area contributed by atoms with E-state index in [1.807, 2.05) is 33.8 Å². The zero-order chi connectivity index (χ0) is 21.2. The van der Waals surface area contributed by atoms with Crippen LogP contribution in [0.15, 0.2) is 24.7 Å². The van der Waals surface area contributed by atoms with E-state index in [-0.39, 0.29) is 19.0 Å². The Bertz CT molecular complexity index is 1030. The fourth-order valence-corrected chi connectivity index (χ4v) is 2.78. The topological polar surface area (TPSA) is 96.0 Å². The van der Waals surface area contributed by atoms with E-state index in [4.69, 9.17) is 4.74 Å². The van der Waals surface area contributed by atoms with Gasteiger partial charge in [0.1, 0.15) is 12.2 Å². The number of aromatic nitrogens is 4. The molecule has 0 bridgehead atoms. The standard InChI is InChI=1S/C20H25FN6O2/c1-6-29-16(28)11-27(20(3,4)5)26-19-15(21)10-24-18(25-19)14-9-23-17-13(14)7-12(2)8-22-17/h7-10H,6,11H2,1-5H3,(H,22,23)(H,24,25,26). The van der Waals surface area contributed by atoms with E-state index in [1.54, 1.807) is 24.3 Å². The maximum atomic E-state index is 14.5. The summed E-state index contributed by atoms with van der Waals surface area (Å²) in [5.41, 5.74) is 4.83. The average molecular weight is 400 g/mol. The highest BCUT2D eigenvalue weighted by Crippen LogP contribution is 2.27. The number of carbonyl (C=O) groups is 1. The van der Waals surface area contributed by atoms with Crippen molar-refractivity contribution in [3.8, 4) is 11.4 Å². The molecule has 0 atom stereocenters. The number of pyridine rings is 1. The molecule has 8 nitrogen and oxygen atoms in total. The minimum Gasteiger partial charge on any atom is -0.465 e. The molecule has 29 heavy (non-hydrogen) atoms. The molecule has 0 spiro atoms. The van der Waals surface area contributed by atoms with Crippen molar-refractivity contribution >= 4 is 22.8 Å². The van der Waals surface area contributed by atoms with Gasteiger partial charge in [0.15, 0.2) is 17.5 Å². The monoisotopic (exact) mass is 400 g/mol. The van der Waals surface area contributed by atoms with Gasteiger partial charge in [-0.15, -0.1) is 0 Å². The third-order valence-corrected chi connectivity index (χ3v) is 4.30. The van der Waals surface area contributed by atoms with Crippen LogP contribution in [0.4, 0.5) is 10.2 Å². The largest absolute Gasteiger partial charge is 0.465 e. The van der Waals surface area contributed by atoms with Crippen LogP contribution in [0.25, 0.3) is 22.4 Å². The third kappa shape index (κ3) is 4.68. The highest BCUT2D eigenvalue weighted by molar-refractivity contribution is 5.92. The number of hydrogen-bond donors (Lipinski definition) is 2. The van der Waals surface area contributed by atoms with E-state index in [2.05, 4.69) is 25.4 Å². The third-order valence-electron chi connectivity index (χ3n) is 4.30. The van der Waals surface area contributed by atoms with Crippen LogP contribution < -0.4 is 5.43 Å². The van der Waals surface area contributed by atoms with Gasteiger partial charge in [-0.2, -0.15) is 0 Å². The molecule has 3 rings (SSSR count). The number of hydrazine groups is 1. The van der Waals surface area contributed by atoms with Crippen LogP contribution in [-0.4, -0.2) is 49.6 Å². The van der Waals surface area contributed by atoms with E-state index in [9.17, 15) is 9.18 Å². The maximum Gasteiger partial charge on any atom is 0.322 e. The Morgan fingerprint density at radius 2 is 2.07 bits per heavy atom. The van der Waals surface area contributed by atoms with Gasteiger partial charge in [-0.25, -0.2) is 24.4 Å². The fourth-order valence-electron chi connectivity index (χ4n) is 2.78. The Kier molecular flexibility index (Phi) is 5.78. The van der Waals surface area contributed by atoms with Gasteiger partial charge in [0, 0.05) is 28.9 Å². The van der Waals surface area contributed by atoms with Crippen molar-refractivity contribution in [1.82, 2.24) is 24.9 Å². The van der Waals surface area contributed by atoms with Crippen molar-refractivity contribution in [1.29, 1.82) is 0 Å². The van der Waals surface area contributed by atoms with Crippen molar-refractivity contribution in [3.05, 3.63) is 36.0 Å². The molecule has 0 aromatic carbocycles. The minimum absolute atomic E-state index is 0.0239. The molecule has 0 aliphatic carbocycles. The zero-order valence-electron chi connectivity index (χ0n) is 17.2. The average Bonchev–Trinajstić information content (AvgIpc) is 3.05. The summed E-state index contributed by atoms with van der Waals surface area (Å²) in [6.45, 7) is 9.58. The molecule has 0 saturated heterocycles. The molecule has 3 aromatic heterocycles. The highest BCUT2D eigenvalue weighted by Gasteiger charge is 2.26. The molecule has 0 aliphatic heterocycles. The van der Waals surface area contributed by atoms with Crippen LogP contribution >= 0.6 is 0 Å². The van der Waals surface area contributed by atoms with Crippen LogP contribution in [0, 0.1) is 12.7 Å². The summed E-state index contributed by atoms with van der Waals surface area (Å²) in [6.07, 6.45) is 4.61. The smallest absolute Gasteiger partial charge is 0.322 e. The van der Waals surface area contributed by atoms with Crippen molar-refractivity contribution in [2.75, 3.05) is 18.6 Å². The molecular weight excluding hydrogens is 375 g/mol. The molecule has 0 radical (unpaired) electrons. The Labute approximate surface area is 168 Å². The van der Waals surface area contributed by atoms with Gasteiger partial charge in [0.2, 0.25) is 0 Å². The lowest BCUT2D eigenvalue weighted by Gasteiger charge is -2.35. The summed E-state index contributed by atoms with van der Waals surface area (Å²) in [5.74, 6) is -0.717. The minimum atomic E-state index is -0.624. The van der Waals surface area contributed by atoms with Gasteiger partial charge in [-0.3, -0.25) is 10.2 Å². The second-order valence-corrected chi connectivity index (χ2v) is 7.68. The Hall–Kier alpha value is -3.07. The molecule has 9 heteroatoms. The number of rotatable bonds is 6. The molecule has 3 heterocycles. The Morgan fingerprint density at radius 1 is 1.31 bits per heavy atom. The summed E-state index contributed by atoms with van der Waals surface area (Å²) >= 11 is 0. The van der Waals surface area contributed by atoms with Crippen molar-refractivity contribution in [3.63, 3.8) is 0 Å². The first-order valence-electron chi connectivity index (χ1n) is 9.35. The number of esters is 1. The number of anilines is 1. The van der Waals surface area contributed by atoms with Crippen molar-refractivity contribution in [2.24, 2.45) is 0 Å². The number of nitrogens with one attached hydrogen (secondary N) is 2.